The van der Waals surface area contributed by atoms with Crippen molar-refractivity contribution in [3.8, 4) is 11.5 Å². The first-order valence-electron chi connectivity index (χ1n) is 9.59. The maximum absolute atomic E-state index is 6.67. The van der Waals surface area contributed by atoms with Crippen LogP contribution in [-0.4, -0.2) is 23.6 Å². The van der Waals surface area contributed by atoms with Gasteiger partial charge in [-0.15, -0.1) is 0 Å². The molecule has 0 radical (unpaired) electrons. The van der Waals surface area contributed by atoms with Crippen LogP contribution in [0.4, 0.5) is 0 Å². The van der Waals surface area contributed by atoms with Crippen molar-refractivity contribution in [2.75, 3.05) is 7.11 Å². The van der Waals surface area contributed by atoms with Crippen LogP contribution in [0.25, 0.3) is 0 Å². The van der Waals surface area contributed by atoms with E-state index in [1.54, 1.807) is 7.11 Å². The van der Waals surface area contributed by atoms with Gasteiger partial charge in [-0.25, -0.2) is 5.01 Å². The van der Waals surface area contributed by atoms with Gasteiger partial charge in [-0.3, -0.25) is 0 Å². The molecule has 0 amide bonds. The first-order valence-corrected chi connectivity index (χ1v) is 9.59. The second-order valence-corrected chi connectivity index (χ2v) is 7.46. The van der Waals surface area contributed by atoms with Gasteiger partial charge in [-0.1, -0.05) is 48.9 Å². The average molecular weight is 348 g/mol. The third kappa shape index (κ3) is 2.32. The van der Waals surface area contributed by atoms with Crippen LogP contribution in [0.1, 0.15) is 55.7 Å². The molecule has 2 heterocycles. The number of hydrogen-bond acceptors (Lipinski definition) is 4. The predicted octanol–water partition coefficient (Wildman–Crippen LogP) is 4.90. The number of hydrazone groups is 1. The maximum atomic E-state index is 6.67. The highest BCUT2D eigenvalue weighted by molar-refractivity contribution is 6.02. The lowest BCUT2D eigenvalue weighted by Gasteiger charge is -2.49. The van der Waals surface area contributed by atoms with E-state index in [1.165, 1.54) is 30.4 Å². The summed E-state index contributed by atoms with van der Waals surface area (Å²) in [5, 5.41) is 7.37. The third-order valence-corrected chi connectivity index (χ3v) is 5.95. The molecule has 0 N–H and O–H groups in total. The van der Waals surface area contributed by atoms with E-state index in [2.05, 4.69) is 47.5 Å². The lowest BCUT2D eigenvalue weighted by molar-refractivity contribution is -0.141. The summed E-state index contributed by atoms with van der Waals surface area (Å²) >= 11 is 0. The van der Waals surface area contributed by atoms with Gasteiger partial charge >= 0.3 is 0 Å². The Bertz CT molecular complexity index is 840. The third-order valence-electron chi connectivity index (χ3n) is 5.95. The lowest BCUT2D eigenvalue weighted by atomic mass is 9.86. The van der Waals surface area contributed by atoms with Crippen LogP contribution >= 0.6 is 0 Å². The Morgan fingerprint density at radius 2 is 1.85 bits per heavy atom. The van der Waals surface area contributed by atoms with Crippen LogP contribution < -0.4 is 9.47 Å². The highest BCUT2D eigenvalue weighted by Crippen LogP contribution is 2.53. The Labute approximate surface area is 154 Å². The molecular weight excluding hydrogens is 324 g/mol. The molecule has 0 aromatic heterocycles. The van der Waals surface area contributed by atoms with E-state index in [1.807, 2.05) is 6.07 Å². The normalized spacial score (nSPS) is 23.0. The molecule has 2 aromatic carbocycles. The SMILES string of the molecule is COc1cccc2c1OC1(CCCCC1)N1N=C(c3ccccc3)CC21. The van der Waals surface area contributed by atoms with E-state index in [0.717, 1.165) is 36.5 Å². The van der Waals surface area contributed by atoms with Crippen molar-refractivity contribution in [1.82, 2.24) is 5.01 Å². The van der Waals surface area contributed by atoms with Gasteiger partial charge < -0.3 is 9.47 Å². The van der Waals surface area contributed by atoms with Crippen LogP contribution in [0.15, 0.2) is 53.6 Å². The highest BCUT2D eigenvalue weighted by atomic mass is 16.5. The molecule has 3 aliphatic rings. The standard InChI is InChI=1S/C22H24N2O2/c1-25-20-12-8-11-17-19-15-18(16-9-4-2-5-10-16)23-24(19)22(26-21(17)20)13-6-3-7-14-22/h2,4-5,8-12,19H,3,6-7,13-15H2,1H3. The van der Waals surface area contributed by atoms with Crippen molar-refractivity contribution in [3.05, 3.63) is 59.7 Å². The molecule has 1 aliphatic carbocycles. The fourth-order valence-corrected chi connectivity index (χ4v) is 4.67. The number of fused-ring (bicyclic) bond motifs is 4. The quantitative estimate of drug-likeness (QED) is 0.774. The number of ether oxygens (including phenoxy) is 2. The zero-order valence-corrected chi connectivity index (χ0v) is 15.1. The lowest BCUT2D eigenvalue weighted by Crippen LogP contribution is -2.54. The second-order valence-electron chi connectivity index (χ2n) is 7.46. The molecule has 2 aliphatic heterocycles. The topological polar surface area (TPSA) is 34.1 Å². The molecule has 0 saturated heterocycles. The molecular formula is C22H24N2O2. The minimum atomic E-state index is -0.332. The number of para-hydroxylation sites is 1. The number of rotatable bonds is 2. The van der Waals surface area contributed by atoms with Crippen molar-refractivity contribution in [2.45, 2.75) is 50.3 Å². The molecule has 1 unspecified atom stereocenters. The van der Waals surface area contributed by atoms with Gasteiger partial charge in [0.15, 0.2) is 17.2 Å². The molecule has 1 spiro atoms. The van der Waals surface area contributed by atoms with E-state index in [9.17, 15) is 0 Å². The summed E-state index contributed by atoms with van der Waals surface area (Å²) in [6.07, 6.45) is 6.60. The van der Waals surface area contributed by atoms with Crippen LogP contribution in [0.5, 0.6) is 11.5 Å². The van der Waals surface area contributed by atoms with Gasteiger partial charge in [0.05, 0.1) is 18.9 Å². The highest BCUT2D eigenvalue weighted by Gasteiger charge is 2.51. The number of benzene rings is 2. The van der Waals surface area contributed by atoms with E-state index in [0.29, 0.717) is 0 Å². The van der Waals surface area contributed by atoms with Gasteiger partial charge in [0.25, 0.3) is 0 Å². The summed E-state index contributed by atoms with van der Waals surface area (Å²) in [6.45, 7) is 0. The zero-order valence-electron chi connectivity index (χ0n) is 15.1. The minimum absolute atomic E-state index is 0.224. The van der Waals surface area contributed by atoms with E-state index in [-0.39, 0.29) is 11.8 Å². The molecule has 134 valence electrons. The summed E-state index contributed by atoms with van der Waals surface area (Å²) in [4.78, 5) is 0. The van der Waals surface area contributed by atoms with Crippen LogP contribution in [-0.2, 0) is 0 Å². The largest absolute Gasteiger partial charge is 0.493 e. The Balaban J connectivity index is 1.63. The van der Waals surface area contributed by atoms with Gasteiger partial charge in [-0.05, 0) is 24.5 Å². The molecule has 26 heavy (non-hydrogen) atoms. The Morgan fingerprint density at radius 3 is 2.62 bits per heavy atom. The monoisotopic (exact) mass is 348 g/mol. The van der Waals surface area contributed by atoms with E-state index in [4.69, 9.17) is 14.6 Å². The molecule has 1 fully saturated rings. The van der Waals surface area contributed by atoms with Crippen molar-refractivity contribution >= 4 is 5.71 Å². The van der Waals surface area contributed by atoms with Crippen molar-refractivity contribution in [2.24, 2.45) is 5.10 Å². The van der Waals surface area contributed by atoms with Crippen LogP contribution in [0.3, 0.4) is 0 Å². The molecule has 1 atom stereocenters. The Kier molecular flexibility index (Phi) is 3.66. The molecule has 0 bridgehead atoms. The second kappa shape index (κ2) is 6.04. The van der Waals surface area contributed by atoms with E-state index < -0.39 is 0 Å². The summed E-state index contributed by atoms with van der Waals surface area (Å²) in [6, 6.07) is 17.0. The molecule has 1 saturated carbocycles. The molecule has 4 nitrogen and oxygen atoms in total. The smallest absolute Gasteiger partial charge is 0.198 e. The maximum Gasteiger partial charge on any atom is 0.198 e. The number of nitrogens with zero attached hydrogens (tertiary/aromatic N) is 2. The average Bonchev–Trinajstić information content (AvgIpc) is 3.16. The van der Waals surface area contributed by atoms with Crippen molar-refractivity contribution in [1.29, 1.82) is 0 Å². The number of methoxy groups -OCH3 is 1. The molecule has 2 aromatic rings. The first-order chi connectivity index (χ1) is 12.8. The van der Waals surface area contributed by atoms with Crippen molar-refractivity contribution in [3.63, 3.8) is 0 Å². The summed E-state index contributed by atoms with van der Waals surface area (Å²) < 4.78 is 12.3. The minimum Gasteiger partial charge on any atom is -0.493 e. The van der Waals surface area contributed by atoms with Crippen LogP contribution in [0, 0.1) is 0 Å². The van der Waals surface area contributed by atoms with E-state index >= 15 is 0 Å². The molecule has 5 rings (SSSR count). The van der Waals surface area contributed by atoms with Gasteiger partial charge in [0.2, 0.25) is 0 Å². The van der Waals surface area contributed by atoms with Crippen LogP contribution in [0.2, 0.25) is 0 Å². The Morgan fingerprint density at radius 1 is 1.04 bits per heavy atom. The van der Waals surface area contributed by atoms with Gasteiger partial charge in [0, 0.05) is 24.8 Å². The molecule has 4 heteroatoms. The predicted molar refractivity (Wildman–Crippen MR) is 102 cm³/mol. The summed E-state index contributed by atoms with van der Waals surface area (Å²) in [5.41, 5.74) is 3.22. The van der Waals surface area contributed by atoms with Gasteiger partial charge in [0.1, 0.15) is 0 Å². The fraction of sp³-hybridized carbons (Fsp3) is 0.409. The van der Waals surface area contributed by atoms with Crippen molar-refractivity contribution < 1.29 is 9.47 Å². The zero-order chi connectivity index (χ0) is 17.6. The van der Waals surface area contributed by atoms with Gasteiger partial charge in [-0.2, -0.15) is 5.10 Å². The first kappa shape index (κ1) is 15.7. The summed E-state index contributed by atoms with van der Waals surface area (Å²) in [5.74, 6) is 1.75. The fourth-order valence-electron chi connectivity index (χ4n) is 4.67. The number of hydrogen-bond donors (Lipinski definition) is 0. The summed E-state index contributed by atoms with van der Waals surface area (Å²) in [7, 11) is 1.72. The Hall–Kier alpha value is -2.49.